The van der Waals surface area contributed by atoms with Crippen molar-refractivity contribution < 1.29 is 9.53 Å². The number of hydrogen-bond acceptors (Lipinski definition) is 3. The Hall–Kier alpha value is -2.49. The fourth-order valence-electron chi connectivity index (χ4n) is 2.41. The van der Waals surface area contributed by atoms with Crippen LogP contribution in [0.25, 0.3) is 11.1 Å². The molecule has 0 radical (unpaired) electrons. The molecule has 4 heteroatoms. The van der Waals surface area contributed by atoms with E-state index in [4.69, 9.17) is 10.5 Å². The van der Waals surface area contributed by atoms with Gasteiger partial charge in [-0.25, -0.2) is 4.79 Å². The predicted octanol–water partition coefficient (Wildman–Crippen LogP) is 4.90. The summed E-state index contributed by atoms with van der Waals surface area (Å²) in [4.78, 5) is 11.8. The van der Waals surface area contributed by atoms with Crippen molar-refractivity contribution in [3.05, 3.63) is 47.5 Å². The van der Waals surface area contributed by atoms with E-state index in [1.807, 2.05) is 32.9 Å². The summed E-state index contributed by atoms with van der Waals surface area (Å²) in [5, 5.41) is 2.68. The van der Waals surface area contributed by atoms with E-state index in [-0.39, 0.29) is 0 Å². The number of rotatable bonds is 2. The number of benzene rings is 2. The number of ether oxygens (including phenoxy) is 1. The van der Waals surface area contributed by atoms with Crippen molar-refractivity contribution in [2.45, 2.75) is 40.2 Å². The number of hydrogen-bond donors (Lipinski definition) is 2. The maximum atomic E-state index is 11.8. The molecule has 0 fully saturated rings. The molecule has 0 aliphatic rings. The van der Waals surface area contributed by atoms with Gasteiger partial charge in [0, 0.05) is 0 Å². The van der Waals surface area contributed by atoms with Crippen molar-refractivity contribution in [1.82, 2.24) is 0 Å². The van der Waals surface area contributed by atoms with E-state index in [2.05, 4.69) is 37.4 Å². The van der Waals surface area contributed by atoms with Gasteiger partial charge in [0.25, 0.3) is 0 Å². The lowest BCUT2D eigenvalue weighted by Gasteiger charge is -2.20. The smallest absolute Gasteiger partial charge is 0.412 e. The average molecular weight is 312 g/mol. The van der Waals surface area contributed by atoms with E-state index in [9.17, 15) is 4.79 Å². The zero-order valence-corrected chi connectivity index (χ0v) is 14.4. The van der Waals surface area contributed by atoms with Gasteiger partial charge >= 0.3 is 6.09 Å². The van der Waals surface area contributed by atoms with Gasteiger partial charge in [0.1, 0.15) is 5.60 Å². The second-order valence-corrected chi connectivity index (χ2v) is 6.81. The molecule has 3 N–H and O–H groups in total. The van der Waals surface area contributed by atoms with Gasteiger partial charge in [0.2, 0.25) is 0 Å². The van der Waals surface area contributed by atoms with Gasteiger partial charge < -0.3 is 10.5 Å². The molecule has 1 amide bonds. The largest absolute Gasteiger partial charge is 0.444 e. The molecular weight excluding hydrogens is 288 g/mol. The number of carbonyl (C=O) groups is 1. The normalized spacial score (nSPS) is 11.2. The number of anilines is 2. The highest BCUT2D eigenvalue weighted by atomic mass is 16.6. The van der Waals surface area contributed by atoms with Gasteiger partial charge in [-0.3, -0.25) is 5.32 Å². The Morgan fingerprint density at radius 1 is 1.00 bits per heavy atom. The summed E-state index contributed by atoms with van der Waals surface area (Å²) in [6, 6.07) is 12.0. The first-order valence-electron chi connectivity index (χ1n) is 7.62. The van der Waals surface area contributed by atoms with Crippen molar-refractivity contribution in [1.29, 1.82) is 0 Å². The van der Waals surface area contributed by atoms with Gasteiger partial charge in [-0.2, -0.15) is 0 Å². The van der Waals surface area contributed by atoms with E-state index in [0.717, 1.165) is 11.1 Å². The van der Waals surface area contributed by atoms with E-state index in [1.54, 1.807) is 6.07 Å². The third kappa shape index (κ3) is 4.74. The molecule has 122 valence electrons. The molecule has 2 aromatic carbocycles. The molecule has 0 spiro atoms. The Balaban J connectivity index is 2.22. The summed E-state index contributed by atoms with van der Waals surface area (Å²) in [7, 11) is 0. The van der Waals surface area contributed by atoms with Crippen LogP contribution in [-0.2, 0) is 4.74 Å². The Labute approximate surface area is 137 Å². The van der Waals surface area contributed by atoms with Crippen LogP contribution >= 0.6 is 0 Å². The monoisotopic (exact) mass is 312 g/mol. The second kappa shape index (κ2) is 6.32. The van der Waals surface area contributed by atoms with Crippen LogP contribution in [0.15, 0.2) is 36.4 Å². The van der Waals surface area contributed by atoms with Crippen molar-refractivity contribution >= 4 is 17.5 Å². The molecule has 0 bridgehead atoms. The Morgan fingerprint density at radius 2 is 1.61 bits per heavy atom. The van der Waals surface area contributed by atoms with Crippen molar-refractivity contribution in [3.63, 3.8) is 0 Å². The first-order valence-corrected chi connectivity index (χ1v) is 7.62. The molecule has 0 aromatic heterocycles. The van der Waals surface area contributed by atoms with Crippen LogP contribution in [0, 0.1) is 13.8 Å². The van der Waals surface area contributed by atoms with Gasteiger partial charge in [-0.05, 0) is 57.9 Å². The quantitative estimate of drug-likeness (QED) is 0.775. The molecule has 4 nitrogen and oxygen atoms in total. The number of amides is 1. The van der Waals surface area contributed by atoms with Gasteiger partial charge in [0.05, 0.1) is 11.4 Å². The number of carbonyl (C=O) groups excluding carboxylic acids is 1. The van der Waals surface area contributed by atoms with Gasteiger partial charge in [-0.1, -0.05) is 35.4 Å². The molecular formula is C19H24N2O2. The zero-order valence-electron chi connectivity index (χ0n) is 14.4. The van der Waals surface area contributed by atoms with E-state index in [0.29, 0.717) is 11.4 Å². The summed E-state index contributed by atoms with van der Waals surface area (Å²) < 4.78 is 5.24. The molecule has 2 rings (SSSR count). The Morgan fingerprint density at radius 3 is 2.13 bits per heavy atom. The first-order chi connectivity index (χ1) is 10.6. The number of aryl methyl sites for hydroxylation is 2. The van der Waals surface area contributed by atoms with Crippen LogP contribution < -0.4 is 11.1 Å². The molecule has 0 atom stereocenters. The number of nitrogen functional groups attached to an aromatic ring is 1. The minimum atomic E-state index is -0.544. The summed E-state index contributed by atoms with van der Waals surface area (Å²) in [6.45, 7) is 9.59. The lowest BCUT2D eigenvalue weighted by Crippen LogP contribution is -2.27. The average Bonchev–Trinajstić information content (AvgIpc) is 2.37. The molecule has 0 unspecified atom stereocenters. The third-order valence-electron chi connectivity index (χ3n) is 3.24. The van der Waals surface area contributed by atoms with Gasteiger partial charge in [0.15, 0.2) is 0 Å². The molecule has 0 heterocycles. The fourth-order valence-corrected chi connectivity index (χ4v) is 2.41. The Kier molecular flexibility index (Phi) is 4.64. The van der Waals surface area contributed by atoms with Crippen LogP contribution in [-0.4, -0.2) is 11.7 Å². The molecule has 0 aliphatic heterocycles. The van der Waals surface area contributed by atoms with Crippen LogP contribution in [0.5, 0.6) is 0 Å². The van der Waals surface area contributed by atoms with E-state index >= 15 is 0 Å². The van der Waals surface area contributed by atoms with E-state index < -0.39 is 11.7 Å². The zero-order chi connectivity index (χ0) is 17.2. The van der Waals surface area contributed by atoms with Crippen LogP contribution in [0.4, 0.5) is 16.2 Å². The summed E-state index contributed by atoms with van der Waals surface area (Å²) in [6.07, 6.45) is -0.511. The number of nitrogens with one attached hydrogen (secondary N) is 1. The summed E-state index contributed by atoms with van der Waals surface area (Å²) in [5.41, 5.74) is 11.1. The molecule has 0 saturated carbocycles. The highest BCUT2D eigenvalue weighted by Crippen LogP contribution is 2.28. The maximum Gasteiger partial charge on any atom is 0.412 e. The molecule has 0 aliphatic carbocycles. The first kappa shape index (κ1) is 16.9. The van der Waals surface area contributed by atoms with Crippen molar-refractivity contribution in [2.24, 2.45) is 0 Å². The highest BCUT2D eigenvalue weighted by molar-refractivity contribution is 5.90. The standard InChI is InChI=1S/C19H24N2O2/c1-12-8-13(2)10-15(9-12)14-6-7-17(16(20)11-14)21-18(22)23-19(3,4)5/h6-11H,20H2,1-5H3,(H,21,22). The van der Waals surface area contributed by atoms with Crippen LogP contribution in [0.1, 0.15) is 31.9 Å². The molecule has 0 saturated heterocycles. The maximum absolute atomic E-state index is 11.8. The van der Waals surface area contributed by atoms with Gasteiger partial charge in [-0.15, -0.1) is 0 Å². The SMILES string of the molecule is Cc1cc(C)cc(-c2ccc(NC(=O)OC(C)(C)C)c(N)c2)c1. The summed E-state index contributed by atoms with van der Waals surface area (Å²) in [5.74, 6) is 0. The topological polar surface area (TPSA) is 64.3 Å². The molecule has 2 aromatic rings. The lowest BCUT2D eigenvalue weighted by molar-refractivity contribution is 0.0636. The lowest BCUT2D eigenvalue weighted by atomic mass is 10.00. The van der Waals surface area contributed by atoms with Crippen molar-refractivity contribution in [2.75, 3.05) is 11.1 Å². The third-order valence-corrected chi connectivity index (χ3v) is 3.24. The minimum Gasteiger partial charge on any atom is -0.444 e. The summed E-state index contributed by atoms with van der Waals surface area (Å²) >= 11 is 0. The Bertz CT molecular complexity index is 710. The highest BCUT2D eigenvalue weighted by Gasteiger charge is 2.17. The number of nitrogens with two attached hydrogens (primary N) is 1. The van der Waals surface area contributed by atoms with E-state index in [1.165, 1.54) is 11.1 Å². The minimum absolute atomic E-state index is 0.507. The van der Waals surface area contributed by atoms with Crippen LogP contribution in [0.2, 0.25) is 0 Å². The van der Waals surface area contributed by atoms with Crippen LogP contribution in [0.3, 0.4) is 0 Å². The second-order valence-electron chi connectivity index (χ2n) is 6.81. The van der Waals surface area contributed by atoms with Crippen molar-refractivity contribution in [3.8, 4) is 11.1 Å². The predicted molar refractivity (Wildman–Crippen MR) is 95.6 cm³/mol. The molecule has 23 heavy (non-hydrogen) atoms. The fraction of sp³-hybridized carbons (Fsp3) is 0.316.